The first kappa shape index (κ1) is 24.1. The summed E-state index contributed by atoms with van der Waals surface area (Å²) in [7, 11) is 0. The van der Waals surface area contributed by atoms with Crippen molar-refractivity contribution in [2.24, 2.45) is 0 Å². The Bertz CT molecular complexity index is 1420. The number of fused-ring (bicyclic) bond motifs is 1. The van der Waals surface area contributed by atoms with Gasteiger partial charge in [-0.15, -0.1) is 0 Å². The van der Waals surface area contributed by atoms with Crippen molar-refractivity contribution < 1.29 is 26.7 Å². The van der Waals surface area contributed by atoms with Gasteiger partial charge < -0.3 is 4.74 Å². The lowest BCUT2D eigenvalue weighted by Crippen LogP contribution is -1.99. The summed E-state index contributed by atoms with van der Waals surface area (Å²) in [6.45, 7) is 2.62. The summed E-state index contributed by atoms with van der Waals surface area (Å²) in [5, 5.41) is -0.0621. The zero-order chi connectivity index (χ0) is 24.9. The van der Waals surface area contributed by atoms with Gasteiger partial charge in [0.15, 0.2) is 29.0 Å². The van der Waals surface area contributed by atoms with Crippen molar-refractivity contribution in [3.8, 4) is 29.0 Å². The summed E-state index contributed by atoms with van der Waals surface area (Å²) in [6.07, 6.45) is 5.90. The molecule has 0 aliphatic carbocycles. The van der Waals surface area contributed by atoms with Gasteiger partial charge >= 0.3 is 0 Å². The average Bonchev–Trinajstić information content (AvgIpc) is 2.85. The predicted molar refractivity (Wildman–Crippen MR) is 122 cm³/mol. The van der Waals surface area contributed by atoms with Crippen LogP contribution in [0, 0.1) is 40.9 Å². The Morgan fingerprint density at radius 3 is 2.20 bits per heavy atom. The highest BCUT2D eigenvalue weighted by atomic mass is 19.2. The number of nitrogens with zero attached hydrogens (tertiary/aromatic N) is 2. The first-order valence-corrected chi connectivity index (χ1v) is 10.9. The molecular weight excluding hydrogens is 463 g/mol. The van der Waals surface area contributed by atoms with Gasteiger partial charge in [0, 0.05) is 16.5 Å². The van der Waals surface area contributed by atoms with E-state index in [0.29, 0.717) is 12.4 Å². The molecule has 1 heterocycles. The summed E-state index contributed by atoms with van der Waals surface area (Å²) in [5.41, 5.74) is -0.119. The zero-order valence-corrected chi connectivity index (χ0v) is 18.6. The van der Waals surface area contributed by atoms with E-state index in [-0.39, 0.29) is 27.7 Å². The first-order valence-electron chi connectivity index (χ1n) is 10.9. The van der Waals surface area contributed by atoms with Gasteiger partial charge in [0.1, 0.15) is 11.6 Å². The number of hydrogen-bond acceptors (Lipinski definition) is 3. The van der Waals surface area contributed by atoms with Gasteiger partial charge in [0.2, 0.25) is 0 Å². The van der Waals surface area contributed by atoms with Crippen LogP contribution in [0.1, 0.15) is 37.3 Å². The molecule has 0 saturated carbocycles. The van der Waals surface area contributed by atoms with Gasteiger partial charge in [-0.3, -0.25) is 0 Å². The van der Waals surface area contributed by atoms with Crippen LogP contribution in [0.5, 0.6) is 5.75 Å². The maximum Gasteiger partial charge on any atom is 0.195 e. The van der Waals surface area contributed by atoms with Gasteiger partial charge in [0.05, 0.1) is 24.6 Å². The second-order valence-electron chi connectivity index (χ2n) is 7.79. The first-order chi connectivity index (χ1) is 16.9. The van der Waals surface area contributed by atoms with Gasteiger partial charge in [-0.25, -0.2) is 31.9 Å². The lowest BCUT2D eigenvalue weighted by atomic mass is 10.1. The van der Waals surface area contributed by atoms with Crippen LogP contribution in [0.4, 0.5) is 22.0 Å². The van der Waals surface area contributed by atoms with Crippen molar-refractivity contribution in [1.29, 1.82) is 0 Å². The molecule has 1 aromatic heterocycles. The van der Waals surface area contributed by atoms with Crippen molar-refractivity contribution in [3.05, 3.63) is 89.0 Å². The second-order valence-corrected chi connectivity index (χ2v) is 7.79. The molecule has 4 aromatic rings. The lowest BCUT2D eigenvalue weighted by Gasteiger charge is -2.07. The average molecular weight is 482 g/mol. The summed E-state index contributed by atoms with van der Waals surface area (Å²) < 4.78 is 75.6. The Hall–Kier alpha value is -3.99. The maximum atomic E-state index is 14.7. The minimum atomic E-state index is -1.57. The smallest absolute Gasteiger partial charge is 0.195 e. The molecule has 0 bridgehead atoms. The SMILES string of the molecule is CCCCCOc1cnc(-c2cc(F)c(C#Cc3ccc4c(F)c(F)c(F)cc4c3)c(F)c2)nc1. The number of rotatable bonds is 6. The Morgan fingerprint density at radius 1 is 0.800 bits per heavy atom. The van der Waals surface area contributed by atoms with Crippen LogP contribution in [0.2, 0.25) is 0 Å². The third-order valence-electron chi connectivity index (χ3n) is 5.25. The van der Waals surface area contributed by atoms with E-state index in [2.05, 4.69) is 28.7 Å². The van der Waals surface area contributed by atoms with E-state index >= 15 is 0 Å². The summed E-state index contributed by atoms with van der Waals surface area (Å²) in [6, 6.07) is 6.84. The molecule has 0 atom stereocenters. The molecule has 4 rings (SSSR count). The topological polar surface area (TPSA) is 35.0 Å². The van der Waals surface area contributed by atoms with Crippen molar-refractivity contribution in [2.75, 3.05) is 6.61 Å². The number of ether oxygens (including phenoxy) is 1. The van der Waals surface area contributed by atoms with Crippen molar-refractivity contribution in [2.45, 2.75) is 26.2 Å². The molecule has 0 radical (unpaired) electrons. The Kier molecular flexibility index (Phi) is 7.25. The molecule has 0 aliphatic rings. The fourth-order valence-electron chi connectivity index (χ4n) is 3.42. The molecule has 0 fully saturated rings. The van der Waals surface area contributed by atoms with E-state index in [1.165, 1.54) is 30.6 Å². The molecule has 3 nitrogen and oxygen atoms in total. The minimum absolute atomic E-state index is 0.0689. The molecule has 0 aliphatic heterocycles. The van der Waals surface area contributed by atoms with Crippen LogP contribution < -0.4 is 4.74 Å². The lowest BCUT2D eigenvalue weighted by molar-refractivity contribution is 0.304. The van der Waals surface area contributed by atoms with E-state index in [1.807, 2.05) is 0 Å². The van der Waals surface area contributed by atoms with Crippen molar-refractivity contribution in [1.82, 2.24) is 9.97 Å². The van der Waals surface area contributed by atoms with E-state index in [1.54, 1.807) is 0 Å². The highest BCUT2D eigenvalue weighted by molar-refractivity contribution is 5.84. The van der Waals surface area contributed by atoms with Crippen LogP contribution in [0.25, 0.3) is 22.2 Å². The van der Waals surface area contributed by atoms with Crippen LogP contribution >= 0.6 is 0 Å². The van der Waals surface area contributed by atoms with Crippen LogP contribution in [0.15, 0.2) is 48.8 Å². The number of aromatic nitrogens is 2. The second kappa shape index (κ2) is 10.5. The zero-order valence-electron chi connectivity index (χ0n) is 18.6. The van der Waals surface area contributed by atoms with E-state index in [0.717, 1.165) is 37.5 Å². The fraction of sp³-hybridized carbons (Fsp3) is 0.185. The number of benzene rings is 3. The molecule has 0 amide bonds. The molecular formula is C27H19F5N2O. The van der Waals surface area contributed by atoms with Gasteiger partial charge in [-0.2, -0.15) is 0 Å². The maximum absolute atomic E-state index is 14.7. The minimum Gasteiger partial charge on any atom is -0.490 e. The van der Waals surface area contributed by atoms with Crippen LogP contribution in [0.3, 0.4) is 0 Å². The Morgan fingerprint density at radius 2 is 1.51 bits per heavy atom. The fourth-order valence-corrected chi connectivity index (χ4v) is 3.42. The van der Waals surface area contributed by atoms with Crippen molar-refractivity contribution in [3.63, 3.8) is 0 Å². The highest BCUT2D eigenvalue weighted by Crippen LogP contribution is 2.25. The monoisotopic (exact) mass is 482 g/mol. The highest BCUT2D eigenvalue weighted by Gasteiger charge is 2.14. The third-order valence-corrected chi connectivity index (χ3v) is 5.25. The van der Waals surface area contributed by atoms with E-state index in [9.17, 15) is 22.0 Å². The molecule has 0 saturated heterocycles. The Labute approximate surface area is 198 Å². The van der Waals surface area contributed by atoms with Crippen molar-refractivity contribution >= 4 is 10.8 Å². The summed E-state index contributed by atoms with van der Waals surface area (Å²) >= 11 is 0. The van der Waals surface area contributed by atoms with Gasteiger partial charge in [-0.05, 0) is 42.1 Å². The van der Waals surface area contributed by atoms with Gasteiger partial charge in [0.25, 0.3) is 0 Å². The van der Waals surface area contributed by atoms with Crippen LogP contribution in [-0.4, -0.2) is 16.6 Å². The quantitative estimate of drug-likeness (QED) is 0.129. The van der Waals surface area contributed by atoms with Crippen LogP contribution in [-0.2, 0) is 0 Å². The van der Waals surface area contributed by atoms with E-state index < -0.39 is 34.6 Å². The van der Waals surface area contributed by atoms with E-state index in [4.69, 9.17) is 4.74 Å². The molecule has 35 heavy (non-hydrogen) atoms. The molecule has 3 aromatic carbocycles. The number of halogens is 5. The summed E-state index contributed by atoms with van der Waals surface area (Å²) in [5.74, 6) is -0.515. The standard InChI is InChI=1S/C27H19F5N2O/c1-2-3-4-9-35-19-14-33-27(34-15-19)18-12-22(28)21(23(29)13-18)8-6-16-5-7-20-17(10-16)11-24(30)26(32)25(20)31/h5,7,10-15H,2-4,9H2,1H3. The Balaban J connectivity index is 1.56. The van der Waals surface area contributed by atoms with Gasteiger partial charge in [-0.1, -0.05) is 37.7 Å². The molecule has 0 spiro atoms. The summed E-state index contributed by atoms with van der Waals surface area (Å²) in [4.78, 5) is 8.22. The number of unbranched alkanes of at least 4 members (excludes halogenated alkanes) is 2. The largest absolute Gasteiger partial charge is 0.490 e. The third kappa shape index (κ3) is 5.40. The normalized spacial score (nSPS) is 10.8. The number of hydrogen-bond donors (Lipinski definition) is 0. The molecule has 0 N–H and O–H groups in total. The molecule has 0 unspecified atom stereocenters. The predicted octanol–water partition coefficient (Wildman–Crippen LogP) is 6.96. The molecule has 178 valence electrons. The molecule has 8 heteroatoms.